The smallest absolute Gasteiger partial charge is 0.271 e. The van der Waals surface area contributed by atoms with Crippen molar-refractivity contribution >= 4 is 70.5 Å². The summed E-state index contributed by atoms with van der Waals surface area (Å²) in [6, 6.07) is 4.90. The standard InChI is InChI=1S/C12H10Br2ClNO3S2/c1-6-3-7(13)4-9(19-2)11(6)16-21(17,18)10-5-8(15)12(14)20-10/h3-5,16H,1-2H3. The van der Waals surface area contributed by atoms with Gasteiger partial charge in [0, 0.05) is 4.47 Å². The van der Waals surface area contributed by atoms with Gasteiger partial charge in [0.1, 0.15) is 9.96 Å². The van der Waals surface area contributed by atoms with Crippen LogP contribution in [0.5, 0.6) is 5.75 Å². The average molecular weight is 476 g/mol. The van der Waals surface area contributed by atoms with E-state index >= 15 is 0 Å². The topological polar surface area (TPSA) is 55.4 Å². The van der Waals surface area contributed by atoms with Crippen LogP contribution in [-0.2, 0) is 10.0 Å². The number of nitrogens with one attached hydrogen (secondary N) is 1. The van der Waals surface area contributed by atoms with Crippen molar-refractivity contribution in [3.05, 3.63) is 37.0 Å². The number of halogens is 3. The lowest BCUT2D eigenvalue weighted by atomic mass is 10.2. The lowest BCUT2D eigenvalue weighted by Gasteiger charge is -2.14. The van der Waals surface area contributed by atoms with Gasteiger partial charge in [0.05, 0.1) is 21.6 Å². The maximum atomic E-state index is 12.4. The van der Waals surface area contributed by atoms with Crippen LogP contribution in [0.25, 0.3) is 0 Å². The Bertz CT molecular complexity index is 771. The van der Waals surface area contributed by atoms with Crippen LogP contribution in [0.15, 0.2) is 30.7 Å². The van der Waals surface area contributed by atoms with Crippen molar-refractivity contribution in [1.82, 2.24) is 0 Å². The monoisotopic (exact) mass is 473 g/mol. The van der Waals surface area contributed by atoms with Gasteiger partial charge in [0.15, 0.2) is 0 Å². The molecular formula is C12H10Br2ClNO3S2. The quantitative estimate of drug-likeness (QED) is 0.674. The van der Waals surface area contributed by atoms with Crippen LogP contribution >= 0.6 is 54.8 Å². The molecule has 0 amide bonds. The zero-order valence-corrected chi connectivity index (χ0v) is 16.5. The molecule has 0 fully saturated rings. The van der Waals surface area contributed by atoms with Crippen LogP contribution in [0, 0.1) is 6.92 Å². The van der Waals surface area contributed by atoms with E-state index in [1.807, 2.05) is 0 Å². The normalized spacial score (nSPS) is 11.5. The van der Waals surface area contributed by atoms with Crippen LogP contribution in [0.4, 0.5) is 5.69 Å². The van der Waals surface area contributed by atoms with E-state index in [9.17, 15) is 8.42 Å². The molecular weight excluding hydrogens is 466 g/mol. The predicted octanol–water partition coefficient (Wildman–Crippen LogP) is 5.04. The Labute approximate surface area is 148 Å². The maximum Gasteiger partial charge on any atom is 0.271 e. The molecule has 9 heteroatoms. The minimum absolute atomic E-state index is 0.128. The number of anilines is 1. The van der Waals surface area contributed by atoms with Crippen molar-refractivity contribution in [2.24, 2.45) is 0 Å². The van der Waals surface area contributed by atoms with Crippen molar-refractivity contribution in [3.63, 3.8) is 0 Å². The Morgan fingerprint density at radius 2 is 1.95 bits per heavy atom. The fourth-order valence-corrected chi connectivity index (χ4v) is 5.74. The number of aryl methyl sites for hydroxylation is 1. The summed E-state index contributed by atoms with van der Waals surface area (Å²) < 4.78 is 34.1. The molecule has 2 aromatic rings. The number of sulfonamides is 1. The van der Waals surface area contributed by atoms with Crippen molar-refractivity contribution in [3.8, 4) is 5.75 Å². The molecule has 0 spiro atoms. The van der Waals surface area contributed by atoms with E-state index < -0.39 is 10.0 Å². The summed E-state index contributed by atoms with van der Waals surface area (Å²) in [5, 5.41) is 0.361. The lowest BCUT2D eigenvalue weighted by Crippen LogP contribution is -2.13. The second kappa shape index (κ2) is 6.45. The predicted molar refractivity (Wildman–Crippen MR) is 93.3 cm³/mol. The summed E-state index contributed by atoms with van der Waals surface area (Å²) in [5.74, 6) is 0.437. The zero-order chi connectivity index (χ0) is 15.8. The third-order valence-corrected chi connectivity index (χ3v) is 7.36. The number of ether oxygens (including phenoxy) is 1. The van der Waals surface area contributed by atoms with Crippen LogP contribution in [-0.4, -0.2) is 15.5 Å². The molecule has 1 aromatic heterocycles. The summed E-state index contributed by atoms with van der Waals surface area (Å²) in [6.07, 6.45) is 0. The van der Waals surface area contributed by atoms with E-state index in [1.54, 1.807) is 19.1 Å². The fourth-order valence-electron chi connectivity index (χ4n) is 1.65. The Kier molecular flexibility index (Phi) is 5.25. The molecule has 0 atom stereocenters. The highest BCUT2D eigenvalue weighted by atomic mass is 79.9. The number of rotatable bonds is 4. The first kappa shape index (κ1) is 17.1. The molecule has 114 valence electrons. The van der Waals surface area contributed by atoms with E-state index in [0.29, 0.717) is 20.2 Å². The first-order chi connectivity index (χ1) is 9.74. The summed E-state index contributed by atoms with van der Waals surface area (Å²) in [4.78, 5) is 0. The largest absolute Gasteiger partial charge is 0.495 e. The highest BCUT2D eigenvalue weighted by molar-refractivity contribution is 9.11. The number of benzene rings is 1. The van der Waals surface area contributed by atoms with Crippen LogP contribution in [0.2, 0.25) is 5.02 Å². The molecule has 1 N–H and O–H groups in total. The van der Waals surface area contributed by atoms with E-state index in [1.165, 1.54) is 13.2 Å². The van der Waals surface area contributed by atoms with Gasteiger partial charge in [0.2, 0.25) is 0 Å². The number of hydrogen-bond donors (Lipinski definition) is 1. The van der Waals surface area contributed by atoms with Crippen molar-refractivity contribution in [1.29, 1.82) is 0 Å². The van der Waals surface area contributed by atoms with Gasteiger partial charge in [-0.05, 0) is 46.6 Å². The molecule has 1 aromatic carbocycles. The first-order valence-electron chi connectivity index (χ1n) is 5.56. The van der Waals surface area contributed by atoms with Gasteiger partial charge in [-0.1, -0.05) is 27.5 Å². The van der Waals surface area contributed by atoms with Crippen LogP contribution < -0.4 is 9.46 Å². The van der Waals surface area contributed by atoms with Gasteiger partial charge in [-0.15, -0.1) is 11.3 Å². The molecule has 4 nitrogen and oxygen atoms in total. The molecule has 0 radical (unpaired) electrons. The third kappa shape index (κ3) is 3.73. The summed E-state index contributed by atoms with van der Waals surface area (Å²) in [7, 11) is -2.24. The van der Waals surface area contributed by atoms with Gasteiger partial charge in [0.25, 0.3) is 10.0 Å². The molecule has 0 unspecified atom stereocenters. The molecule has 0 bridgehead atoms. The Balaban J connectivity index is 2.46. The van der Waals surface area contributed by atoms with Gasteiger partial charge >= 0.3 is 0 Å². The van der Waals surface area contributed by atoms with Gasteiger partial charge < -0.3 is 4.74 Å². The van der Waals surface area contributed by atoms with E-state index in [2.05, 4.69) is 36.6 Å². The molecule has 21 heavy (non-hydrogen) atoms. The number of hydrogen-bond acceptors (Lipinski definition) is 4. The highest BCUT2D eigenvalue weighted by Gasteiger charge is 2.22. The minimum Gasteiger partial charge on any atom is -0.495 e. The zero-order valence-electron chi connectivity index (χ0n) is 10.9. The minimum atomic E-state index is -3.72. The number of methoxy groups -OCH3 is 1. The Hall–Kier alpha value is -0.280. The molecule has 0 aliphatic heterocycles. The molecule has 0 saturated carbocycles. The van der Waals surface area contributed by atoms with E-state index in [0.717, 1.165) is 21.4 Å². The Morgan fingerprint density at radius 1 is 1.29 bits per heavy atom. The van der Waals surface area contributed by atoms with E-state index in [4.69, 9.17) is 16.3 Å². The second-order valence-corrected chi connectivity index (χ2v) is 9.69. The maximum absolute atomic E-state index is 12.4. The number of thiophene rings is 1. The van der Waals surface area contributed by atoms with Gasteiger partial charge in [-0.3, -0.25) is 4.72 Å². The second-order valence-electron chi connectivity index (χ2n) is 4.09. The molecule has 0 aliphatic rings. The van der Waals surface area contributed by atoms with Crippen molar-refractivity contribution in [2.45, 2.75) is 11.1 Å². The third-order valence-electron chi connectivity index (χ3n) is 2.61. The lowest BCUT2D eigenvalue weighted by molar-refractivity contribution is 0.416. The average Bonchev–Trinajstić information content (AvgIpc) is 2.73. The fraction of sp³-hybridized carbons (Fsp3) is 0.167. The SMILES string of the molecule is COc1cc(Br)cc(C)c1NS(=O)(=O)c1cc(Cl)c(Br)s1. The van der Waals surface area contributed by atoms with Gasteiger partial charge in [-0.2, -0.15) is 0 Å². The summed E-state index contributed by atoms with van der Waals surface area (Å²) >= 11 is 13.5. The van der Waals surface area contributed by atoms with E-state index in [-0.39, 0.29) is 4.21 Å². The van der Waals surface area contributed by atoms with Gasteiger partial charge in [-0.25, -0.2) is 8.42 Å². The Morgan fingerprint density at radius 3 is 2.48 bits per heavy atom. The van der Waals surface area contributed by atoms with Crippen molar-refractivity contribution < 1.29 is 13.2 Å². The molecule has 0 aliphatic carbocycles. The first-order valence-corrected chi connectivity index (χ1v) is 9.82. The molecule has 0 saturated heterocycles. The highest BCUT2D eigenvalue weighted by Crippen LogP contribution is 2.38. The van der Waals surface area contributed by atoms with Crippen LogP contribution in [0.3, 0.4) is 0 Å². The summed E-state index contributed by atoms with van der Waals surface area (Å²) in [5.41, 5.74) is 1.15. The van der Waals surface area contributed by atoms with Crippen molar-refractivity contribution in [2.75, 3.05) is 11.8 Å². The molecule has 1 heterocycles. The molecule has 2 rings (SSSR count). The summed E-state index contributed by atoms with van der Waals surface area (Å²) in [6.45, 7) is 1.79. The van der Waals surface area contributed by atoms with Crippen LogP contribution in [0.1, 0.15) is 5.56 Å².